The lowest BCUT2D eigenvalue weighted by atomic mass is 10.0. The van der Waals surface area contributed by atoms with Crippen molar-refractivity contribution in [3.8, 4) is 0 Å². The second kappa shape index (κ2) is 5.50. The number of nitrogens with zero attached hydrogens (tertiary/aromatic N) is 1. The Bertz CT molecular complexity index is 376. The van der Waals surface area contributed by atoms with E-state index in [1.165, 1.54) is 6.07 Å². The molecule has 0 aliphatic carbocycles. The minimum absolute atomic E-state index is 0.286. The normalized spacial score (nSPS) is 14.8. The third kappa shape index (κ3) is 2.97. The van der Waals surface area contributed by atoms with E-state index in [4.69, 9.17) is 0 Å². The number of benzene rings is 1. The van der Waals surface area contributed by atoms with Gasteiger partial charge in [-0.3, -0.25) is 0 Å². The van der Waals surface area contributed by atoms with Crippen molar-refractivity contribution in [3.63, 3.8) is 0 Å². The highest BCUT2D eigenvalue weighted by Gasteiger charge is 2.20. The maximum atomic E-state index is 13.7. The van der Waals surface area contributed by atoms with Crippen LogP contribution in [0.15, 0.2) is 18.2 Å². The monoisotopic (exact) mass is 239 g/mol. The number of anilines is 1. The summed E-state index contributed by atoms with van der Waals surface area (Å²) in [5.41, 5.74) is 1.14. The van der Waals surface area contributed by atoms with Crippen molar-refractivity contribution in [1.29, 1.82) is 0 Å². The van der Waals surface area contributed by atoms with Crippen molar-refractivity contribution in [3.05, 3.63) is 29.6 Å². The molecule has 0 aliphatic rings. The predicted molar refractivity (Wildman–Crippen MR) is 69.7 cm³/mol. The molecule has 0 saturated carbocycles. The summed E-state index contributed by atoms with van der Waals surface area (Å²) in [4.78, 5) is 2.02. The average molecular weight is 239 g/mol. The second-order valence-corrected chi connectivity index (χ2v) is 4.94. The highest BCUT2D eigenvalue weighted by molar-refractivity contribution is 5.55. The van der Waals surface area contributed by atoms with Gasteiger partial charge in [-0.1, -0.05) is 19.9 Å². The Kier molecular flexibility index (Phi) is 4.52. The fourth-order valence-electron chi connectivity index (χ4n) is 1.91. The smallest absolute Gasteiger partial charge is 0.131 e. The van der Waals surface area contributed by atoms with Crippen molar-refractivity contribution in [2.75, 3.05) is 11.9 Å². The summed E-state index contributed by atoms with van der Waals surface area (Å²) in [6.07, 6.45) is -0.798. The maximum absolute atomic E-state index is 13.7. The van der Waals surface area contributed by atoms with E-state index in [1.54, 1.807) is 13.0 Å². The van der Waals surface area contributed by atoms with Crippen molar-refractivity contribution in [2.24, 2.45) is 5.92 Å². The van der Waals surface area contributed by atoms with Crippen LogP contribution in [0.1, 0.15) is 39.4 Å². The Balaban J connectivity index is 3.17. The van der Waals surface area contributed by atoms with Crippen molar-refractivity contribution in [2.45, 2.75) is 39.8 Å². The van der Waals surface area contributed by atoms with Crippen LogP contribution in [-0.4, -0.2) is 18.2 Å². The Hall–Kier alpha value is -1.09. The van der Waals surface area contributed by atoms with Gasteiger partial charge in [-0.05, 0) is 31.9 Å². The van der Waals surface area contributed by atoms with Gasteiger partial charge in [0.1, 0.15) is 5.82 Å². The molecule has 2 atom stereocenters. The van der Waals surface area contributed by atoms with Crippen LogP contribution in [0.3, 0.4) is 0 Å². The van der Waals surface area contributed by atoms with Crippen LogP contribution >= 0.6 is 0 Å². The van der Waals surface area contributed by atoms with Crippen molar-refractivity contribution in [1.82, 2.24) is 0 Å². The summed E-state index contributed by atoms with van der Waals surface area (Å²) in [6.45, 7) is 7.95. The van der Waals surface area contributed by atoms with Crippen LogP contribution in [0, 0.1) is 11.7 Å². The topological polar surface area (TPSA) is 23.5 Å². The van der Waals surface area contributed by atoms with Gasteiger partial charge in [0.25, 0.3) is 0 Å². The van der Waals surface area contributed by atoms with Gasteiger partial charge in [0.2, 0.25) is 0 Å². The molecule has 0 aliphatic heterocycles. The Morgan fingerprint density at radius 3 is 2.24 bits per heavy atom. The summed E-state index contributed by atoms with van der Waals surface area (Å²) in [7, 11) is 1.94. The van der Waals surface area contributed by atoms with Gasteiger partial charge < -0.3 is 10.0 Å². The van der Waals surface area contributed by atoms with Crippen LogP contribution < -0.4 is 4.90 Å². The summed E-state index contributed by atoms with van der Waals surface area (Å²) >= 11 is 0. The van der Waals surface area contributed by atoms with Crippen molar-refractivity contribution < 1.29 is 9.50 Å². The molecule has 0 amide bonds. The Morgan fingerprint density at radius 1 is 1.18 bits per heavy atom. The SMILES string of the molecule is CC(O)c1c(F)cccc1N(C)C(C)C(C)C. The van der Waals surface area contributed by atoms with Crippen LogP contribution in [0.25, 0.3) is 0 Å². The highest BCUT2D eigenvalue weighted by Crippen LogP contribution is 2.30. The molecule has 3 heteroatoms. The molecule has 0 radical (unpaired) electrons. The largest absolute Gasteiger partial charge is 0.389 e. The first-order chi connectivity index (χ1) is 7.86. The number of hydrogen-bond donors (Lipinski definition) is 1. The molecular weight excluding hydrogens is 217 g/mol. The van der Waals surface area contributed by atoms with E-state index in [0.29, 0.717) is 11.5 Å². The number of hydrogen-bond acceptors (Lipinski definition) is 2. The van der Waals surface area contributed by atoms with E-state index >= 15 is 0 Å². The molecule has 2 unspecified atom stereocenters. The van der Waals surface area contributed by atoms with E-state index in [1.807, 2.05) is 18.0 Å². The highest BCUT2D eigenvalue weighted by atomic mass is 19.1. The fraction of sp³-hybridized carbons (Fsp3) is 0.571. The lowest BCUT2D eigenvalue weighted by molar-refractivity contribution is 0.194. The summed E-state index contributed by atoms with van der Waals surface area (Å²) in [5, 5.41) is 9.69. The first-order valence-corrected chi connectivity index (χ1v) is 6.05. The molecule has 0 bridgehead atoms. The zero-order valence-corrected chi connectivity index (χ0v) is 11.2. The number of rotatable bonds is 4. The van der Waals surface area contributed by atoms with E-state index < -0.39 is 6.10 Å². The van der Waals surface area contributed by atoms with E-state index in [-0.39, 0.29) is 11.9 Å². The Morgan fingerprint density at radius 2 is 1.76 bits per heavy atom. The van der Waals surface area contributed by atoms with Crippen molar-refractivity contribution >= 4 is 5.69 Å². The molecule has 0 heterocycles. The molecule has 1 aromatic carbocycles. The minimum atomic E-state index is -0.798. The van der Waals surface area contributed by atoms with Gasteiger partial charge >= 0.3 is 0 Å². The lowest BCUT2D eigenvalue weighted by Gasteiger charge is -2.32. The first-order valence-electron chi connectivity index (χ1n) is 6.05. The quantitative estimate of drug-likeness (QED) is 0.871. The van der Waals surface area contributed by atoms with Gasteiger partial charge in [-0.15, -0.1) is 0 Å². The first kappa shape index (κ1) is 14.0. The third-order valence-corrected chi connectivity index (χ3v) is 3.40. The van der Waals surface area contributed by atoms with Crippen LogP contribution in [0.5, 0.6) is 0 Å². The molecule has 17 heavy (non-hydrogen) atoms. The predicted octanol–water partition coefficient (Wildman–Crippen LogP) is 3.36. The number of aliphatic hydroxyl groups excluding tert-OH is 1. The fourth-order valence-corrected chi connectivity index (χ4v) is 1.91. The van der Waals surface area contributed by atoms with Crippen LogP contribution in [0.2, 0.25) is 0 Å². The number of halogens is 1. The zero-order valence-electron chi connectivity index (χ0n) is 11.2. The summed E-state index contributed by atoms with van der Waals surface area (Å²) < 4.78 is 13.7. The van der Waals surface area contributed by atoms with Gasteiger partial charge in [0, 0.05) is 24.3 Å². The number of aliphatic hydroxyl groups is 1. The molecule has 0 aromatic heterocycles. The zero-order chi connectivity index (χ0) is 13.2. The molecule has 0 saturated heterocycles. The van der Waals surface area contributed by atoms with Crippen LogP contribution in [-0.2, 0) is 0 Å². The lowest BCUT2D eigenvalue weighted by Crippen LogP contribution is -2.34. The third-order valence-electron chi connectivity index (χ3n) is 3.40. The molecule has 0 fully saturated rings. The van der Waals surface area contributed by atoms with Crippen LogP contribution in [0.4, 0.5) is 10.1 Å². The van der Waals surface area contributed by atoms with E-state index in [0.717, 1.165) is 5.69 Å². The average Bonchev–Trinajstić information content (AvgIpc) is 2.25. The molecule has 96 valence electrons. The molecule has 0 spiro atoms. The maximum Gasteiger partial charge on any atom is 0.131 e. The van der Waals surface area contributed by atoms with E-state index in [9.17, 15) is 9.50 Å². The van der Waals surface area contributed by atoms with E-state index in [2.05, 4.69) is 20.8 Å². The molecule has 1 rings (SSSR count). The molecule has 2 nitrogen and oxygen atoms in total. The van der Waals surface area contributed by atoms with Gasteiger partial charge in [0.15, 0.2) is 0 Å². The standard InChI is InChI=1S/C14H22FNO/c1-9(2)10(3)16(5)13-8-6-7-12(15)14(13)11(4)17/h6-11,17H,1-5H3. The summed E-state index contributed by atoms with van der Waals surface area (Å²) in [5.74, 6) is 0.116. The van der Waals surface area contributed by atoms with Gasteiger partial charge in [-0.2, -0.15) is 0 Å². The second-order valence-electron chi connectivity index (χ2n) is 4.94. The Labute approximate surface area is 103 Å². The molecule has 1 aromatic rings. The van der Waals surface area contributed by atoms with Gasteiger partial charge in [0.05, 0.1) is 6.10 Å². The molecule has 1 N–H and O–H groups in total. The summed E-state index contributed by atoms with van der Waals surface area (Å²) in [6, 6.07) is 5.21. The van der Waals surface area contributed by atoms with Gasteiger partial charge in [-0.25, -0.2) is 4.39 Å². The molecular formula is C14H22FNO. The minimum Gasteiger partial charge on any atom is -0.389 e.